The van der Waals surface area contributed by atoms with E-state index in [1.165, 1.54) is 0 Å². The number of carbonyl (C=O) groups excluding carboxylic acids is 1. The molecule has 0 aliphatic rings. The minimum atomic E-state index is -0.293. The molecule has 0 radical (unpaired) electrons. The van der Waals surface area contributed by atoms with Gasteiger partial charge in [0.25, 0.3) is 5.24 Å². The predicted molar refractivity (Wildman–Crippen MR) is 36.1 cm³/mol. The van der Waals surface area contributed by atoms with Crippen LogP contribution >= 0.6 is 12.6 Å². The summed E-state index contributed by atoms with van der Waals surface area (Å²) in [4.78, 5) is 10.0. The van der Waals surface area contributed by atoms with Gasteiger partial charge in [-0.25, -0.2) is 0 Å². The van der Waals surface area contributed by atoms with Gasteiger partial charge in [-0.2, -0.15) is 0 Å². The van der Waals surface area contributed by atoms with Gasteiger partial charge in [-0.15, -0.1) is 0 Å². The second-order valence-electron chi connectivity index (χ2n) is 1.37. The van der Waals surface area contributed by atoms with Gasteiger partial charge in [-0.1, -0.05) is 12.6 Å². The summed E-state index contributed by atoms with van der Waals surface area (Å²) in [7, 11) is 0. The Bertz CT molecular complexity index is 76.4. The summed E-state index contributed by atoms with van der Waals surface area (Å²) < 4.78 is 0. The van der Waals surface area contributed by atoms with Crippen molar-refractivity contribution in [1.82, 2.24) is 5.32 Å². The van der Waals surface area contributed by atoms with E-state index in [0.29, 0.717) is 13.1 Å². The van der Waals surface area contributed by atoms with Gasteiger partial charge in [0.2, 0.25) is 0 Å². The molecule has 0 bridgehead atoms. The van der Waals surface area contributed by atoms with Crippen molar-refractivity contribution in [3.8, 4) is 0 Å². The average Bonchev–Trinajstić information content (AvgIpc) is 1.66. The van der Waals surface area contributed by atoms with Gasteiger partial charge in [0.05, 0.1) is 0 Å². The zero-order valence-corrected chi connectivity index (χ0v) is 5.45. The van der Waals surface area contributed by atoms with Crippen LogP contribution in [0.1, 0.15) is 6.42 Å². The van der Waals surface area contributed by atoms with Crippen molar-refractivity contribution < 1.29 is 4.79 Å². The number of thiol groups is 1. The highest BCUT2D eigenvalue weighted by molar-refractivity contribution is 7.96. The van der Waals surface area contributed by atoms with Crippen molar-refractivity contribution in [2.45, 2.75) is 6.42 Å². The summed E-state index contributed by atoms with van der Waals surface area (Å²) in [6.07, 6.45) is 0.812. The van der Waals surface area contributed by atoms with E-state index in [1.54, 1.807) is 0 Å². The van der Waals surface area contributed by atoms with Crippen molar-refractivity contribution in [3.05, 3.63) is 0 Å². The maximum absolute atomic E-state index is 10.0. The van der Waals surface area contributed by atoms with Gasteiger partial charge >= 0.3 is 0 Å². The van der Waals surface area contributed by atoms with Gasteiger partial charge in [-0.05, 0) is 13.0 Å². The zero-order valence-electron chi connectivity index (χ0n) is 4.55. The Kier molecular flexibility index (Phi) is 4.79. The third kappa shape index (κ3) is 5.78. The Morgan fingerprint density at radius 2 is 2.38 bits per heavy atom. The molecule has 0 spiro atoms. The standard InChI is InChI=1S/C4H10N2OS/c5-2-1-3-6-4(7)8/h1-3,5H2,(H2,6,7,8). The van der Waals surface area contributed by atoms with Crippen LogP contribution in [0.3, 0.4) is 0 Å². The van der Waals surface area contributed by atoms with Crippen LogP contribution in [-0.2, 0) is 0 Å². The van der Waals surface area contributed by atoms with Gasteiger partial charge in [-0.3, -0.25) is 4.79 Å². The molecule has 3 N–H and O–H groups in total. The topological polar surface area (TPSA) is 55.1 Å². The molecule has 0 unspecified atom stereocenters. The lowest BCUT2D eigenvalue weighted by Crippen LogP contribution is -2.20. The fraction of sp³-hybridized carbons (Fsp3) is 0.750. The summed E-state index contributed by atoms with van der Waals surface area (Å²) in [5.41, 5.74) is 5.14. The molecule has 0 aromatic heterocycles. The van der Waals surface area contributed by atoms with Crippen molar-refractivity contribution >= 4 is 17.9 Å². The van der Waals surface area contributed by atoms with Gasteiger partial charge < -0.3 is 11.1 Å². The van der Waals surface area contributed by atoms with Crippen molar-refractivity contribution in [3.63, 3.8) is 0 Å². The van der Waals surface area contributed by atoms with Crippen LogP contribution in [0.5, 0.6) is 0 Å². The molecule has 0 saturated heterocycles. The number of nitrogens with two attached hydrogens (primary N) is 1. The molecule has 8 heavy (non-hydrogen) atoms. The quantitative estimate of drug-likeness (QED) is 0.375. The van der Waals surface area contributed by atoms with Crippen molar-refractivity contribution in [1.29, 1.82) is 0 Å². The first kappa shape index (κ1) is 7.78. The first-order chi connectivity index (χ1) is 3.77. The van der Waals surface area contributed by atoms with E-state index in [2.05, 4.69) is 17.9 Å². The Morgan fingerprint density at radius 1 is 1.75 bits per heavy atom. The highest BCUT2D eigenvalue weighted by atomic mass is 32.1. The van der Waals surface area contributed by atoms with Crippen LogP contribution in [0.15, 0.2) is 0 Å². The lowest BCUT2D eigenvalue weighted by molar-refractivity contribution is 0.261. The highest BCUT2D eigenvalue weighted by Crippen LogP contribution is 1.75. The number of rotatable bonds is 3. The molecule has 0 aliphatic heterocycles. The molecule has 0 fully saturated rings. The Labute approximate surface area is 54.0 Å². The molecular weight excluding hydrogens is 124 g/mol. The number of hydrogen-bond acceptors (Lipinski definition) is 2. The predicted octanol–water partition coefficient (Wildman–Crippen LogP) is -0.0254. The lowest BCUT2D eigenvalue weighted by Gasteiger charge is -1.95. The number of hydrogen-bond donors (Lipinski definition) is 3. The van der Waals surface area contributed by atoms with E-state index >= 15 is 0 Å². The van der Waals surface area contributed by atoms with Crippen LogP contribution in [0.4, 0.5) is 4.79 Å². The number of nitrogens with one attached hydrogen (secondary N) is 1. The normalized spacial score (nSPS) is 8.75. The smallest absolute Gasteiger partial charge is 0.275 e. The van der Waals surface area contributed by atoms with E-state index in [9.17, 15) is 4.79 Å². The average molecular weight is 134 g/mol. The number of amides is 1. The highest BCUT2D eigenvalue weighted by Gasteiger charge is 1.86. The van der Waals surface area contributed by atoms with E-state index in [4.69, 9.17) is 5.73 Å². The van der Waals surface area contributed by atoms with E-state index in [-0.39, 0.29) is 5.24 Å². The molecule has 48 valence electrons. The van der Waals surface area contributed by atoms with Crippen molar-refractivity contribution in [2.24, 2.45) is 5.73 Å². The second kappa shape index (κ2) is 4.93. The summed E-state index contributed by atoms with van der Waals surface area (Å²) in [6, 6.07) is 0. The molecule has 1 amide bonds. The molecule has 0 rings (SSSR count). The molecule has 0 aromatic rings. The van der Waals surface area contributed by atoms with Crippen molar-refractivity contribution in [2.75, 3.05) is 13.1 Å². The minimum Gasteiger partial charge on any atom is -0.347 e. The Hall–Kier alpha value is -0.220. The SMILES string of the molecule is NCCCNC(=O)S. The van der Waals surface area contributed by atoms with E-state index in [0.717, 1.165) is 6.42 Å². The van der Waals surface area contributed by atoms with Gasteiger partial charge in [0.1, 0.15) is 0 Å². The Balaban J connectivity index is 2.82. The lowest BCUT2D eigenvalue weighted by atomic mass is 10.4. The fourth-order valence-electron chi connectivity index (χ4n) is 0.297. The van der Waals surface area contributed by atoms with Crippen LogP contribution in [0.2, 0.25) is 0 Å². The first-order valence-corrected chi connectivity index (χ1v) is 2.89. The maximum Gasteiger partial charge on any atom is 0.275 e. The molecule has 4 heteroatoms. The molecule has 0 atom stereocenters. The molecule has 0 aromatic carbocycles. The third-order valence-electron chi connectivity index (χ3n) is 0.657. The fourth-order valence-corrected chi connectivity index (χ4v) is 0.409. The van der Waals surface area contributed by atoms with Gasteiger partial charge in [0.15, 0.2) is 0 Å². The second-order valence-corrected chi connectivity index (χ2v) is 1.78. The summed E-state index contributed by atoms with van der Waals surface area (Å²) in [5, 5.41) is 2.20. The first-order valence-electron chi connectivity index (χ1n) is 2.44. The van der Waals surface area contributed by atoms with E-state index in [1.807, 2.05) is 0 Å². The number of carbonyl (C=O) groups is 1. The monoisotopic (exact) mass is 134 g/mol. The molecule has 0 heterocycles. The summed E-state index contributed by atoms with van der Waals surface area (Å²) >= 11 is 3.48. The van der Waals surface area contributed by atoms with Crippen LogP contribution < -0.4 is 11.1 Å². The minimum absolute atomic E-state index is 0.293. The molecule has 0 saturated carbocycles. The molecule has 0 aliphatic carbocycles. The largest absolute Gasteiger partial charge is 0.347 e. The summed E-state index contributed by atoms with van der Waals surface area (Å²) in [5.74, 6) is 0. The Morgan fingerprint density at radius 3 is 2.75 bits per heavy atom. The van der Waals surface area contributed by atoms with Gasteiger partial charge in [0, 0.05) is 6.54 Å². The van der Waals surface area contributed by atoms with Crippen LogP contribution in [0.25, 0.3) is 0 Å². The molecule has 3 nitrogen and oxygen atoms in total. The third-order valence-corrected chi connectivity index (χ3v) is 0.815. The van der Waals surface area contributed by atoms with Crippen LogP contribution in [-0.4, -0.2) is 18.3 Å². The zero-order chi connectivity index (χ0) is 6.41. The summed E-state index contributed by atoms with van der Waals surface area (Å²) in [6.45, 7) is 1.23. The van der Waals surface area contributed by atoms with E-state index < -0.39 is 0 Å². The molecular formula is C4H10N2OS. The van der Waals surface area contributed by atoms with Crippen LogP contribution in [0, 0.1) is 0 Å². The maximum atomic E-state index is 10.0.